The predicted molar refractivity (Wildman–Crippen MR) is 91.8 cm³/mol. The lowest BCUT2D eigenvalue weighted by Gasteiger charge is -2.35. The first-order chi connectivity index (χ1) is 9.47. The van der Waals surface area contributed by atoms with Gasteiger partial charge in [0.25, 0.3) is 0 Å². The molecule has 0 saturated carbocycles. The third-order valence-electron chi connectivity index (χ3n) is 4.06. The Morgan fingerprint density at radius 3 is 2.45 bits per heavy atom. The van der Waals surface area contributed by atoms with Gasteiger partial charge in [-0.25, -0.2) is 0 Å². The zero-order valence-corrected chi connectivity index (χ0v) is 14.6. The summed E-state index contributed by atoms with van der Waals surface area (Å²) in [6, 6.07) is 7.69. The van der Waals surface area contributed by atoms with E-state index in [0.29, 0.717) is 12.1 Å². The maximum absolute atomic E-state index is 3.73. The molecule has 0 atom stereocenters. The maximum atomic E-state index is 3.73. The average molecular weight is 340 g/mol. The summed E-state index contributed by atoms with van der Waals surface area (Å²) in [5.41, 5.74) is 2.48. The van der Waals surface area contributed by atoms with Crippen molar-refractivity contribution in [1.29, 1.82) is 0 Å². The smallest absolute Gasteiger partial charge is 0.0597 e. The van der Waals surface area contributed by atoms with Gasteiger partial charge in [-0.05, 0) is 44.9 Å². The van der Waals surface area contributed by atoms with Gasteiger partial charge < -0.3 is 15.1 Å². The molecule has 1 saturated heterocycles. The van der Waals surface area contributed by atoms with E-state index in [1.165, 1.54) is 37.3 Å². The molecule has 0 aromatic heterocycles. The highest BCUT2D eigenvalue weighted by atomic mass is 79.9. The lowest BCUT2D eigenvalue weighted by molar-refractivity contribution is 0.177. The maximum Gasteiger partial charge on any atom is 0.0597 e. The Hall–Kier alpha value is -0.740. The van der Waals surface area contributed by atoms with Crippen molar-refractivity contribution in [2.75, 3.05) is 37.4 Å². The second-order valence-electron chi connectivity index (χ2n) is 6.10. The van der Waals surface area contributed by atoms with Gasteiger partial charge in [-0.15, -0.1) is 0 Å². The summed E-state index contributed by atoms with van der Waals surface area (Å²) in [5.74, 6) is 0. The zero-order valence-electron chi connectivity index (χ0n) is 13.0. The lowest BCUT2D eigenvalue weighted by atomic mass is 10.0. The highest BCUT2D eigenvalue weighted by Crippen LogP contribution is 2.30. The SMILES string of the molecule is CC(C)N1CCC(Nc2cc(Br)ccc2N(C)C)CC1. The molecule has 112 valence electrons. The molecule has 1 aromatic rings. The number of hydrogen-bond donors (Lipinski definition) is 1. The average Bonchev–Trinajstić information content (AvgIpc) is 2.39. The largest absolute Gasteiger partial charge is 0.381 e. The second kappa shape index (κ2) is 6.81. The van der Waals surface area contributed by atoms with Crippen molar-refractivity contribution in [1.82, 2.24) is 4.90 Å². The van der Waals surface area contributed by atoms with Crippen LogP contribution in [0.4, 0.5) is 11.4 Å². The van der Waals surface area contributed by atoms with Crippen LogP contribution in [0, 0.1) is 0 Å². The van der Waals surface area contributed by atoms with Crippen molar-refractivity contribution in [2.45, 2.75) is 38.8 Å². The molecule has 0 bridgehead atoms. The summed E-state index contributed by atoms with van der Waals surface area (Å²) in [6.07, 6.45) is 2.44. The highest BCUT2D eigenvalue weighted by Gasteiger charge is 2.21. The number of nitrogens with zero attached hydrogens (tertiary/aromatic N) is 2. The van der Waals surface area contributed by atoms with E-state index in [9.17, 15) is 0 Å². The zero-order chi connectivity index (χ0) is 14.7. The van der Waals surface area contributed by atoms with Crippen molar-refractivity contribution < 1.29 is 0 Å². The van der Waals surface area contributed by atoms with Crippen LogP contribution in [0.2, 0.25) is 0 Å². The second-order valence-corrected chi connectivity index (χ2v) is 7.02. The quantitative estimate of drug-likeness (QED) is 0.899. The van der Waals surface area contributed by atoms with Crippen molar-refractivity contribution in [2.24, 2.45) is 0 Å². The molecule has 1 fully saturated rings. The molecule has 1 aromatic carbocycles. The molecule has 1 N–H and O–H groups in total. The topological polar surface area (TPSA) is 18.5 Å². The number of hydrogen-bond acceptors (Lipinski definition) is 3. The van der Waals surface area contributed by atoms with E-state index in [1.54, 1.807) is 0 Å². The summed E-state index contributed by atoms with van der Waals surface area (Å²) in [4.78, 5) is 4.73. The summed E-state index contributed by atoms with van der Waals surface area (Å²) in [7, 11) is 4.19. The number of likely N-dealkylation sites (tertiary alicyclic amines) is 1. The predicted octanol–water partition coefficient (Wildman–Crippen LogP) is 3.80. The van der Waals surface area contributed by atoms with Crippen LogP contribution in [-0.2, 0) is 0 Å². The van der Waals surface area contributed by atoms with E-state index in [4.69, 9.17) is 0 Å². The van der Waals surface area contributed by atoms with Crippen LogP contribution in [0.3, 0.4) is 0 Å². The molecule has 3 nitrogen and oxygen atoms in total. The van der Waals surface area contributed by atoms with E-state index >= 15 is 0 Å². The van der Waals surface area contributed by atoms with E-state index in [-0.39, 0.29) is 0 Å². The van der Waals surface area contributed by atoms with Crippen molar-refractivity contribution in [3.05, 3.63) is 22.7 Å². The van der Waals surface area contributed by atoms with Crippen molar-refractivity contribution in [3.63, 3.8) is 0 Å². The lowest BCUT2D eigenvalue weighted by Crippen LogP contribution is -2.42. The molecule has 0 amide bonds. The molecule has 0 aliphatic carbocycles. The van der Waals surface area contributed by atoms with E-state index in [2.05, 4.69) is 77.2 Å². The Balaban J connectivity index is 2.02. The summed E-state index contributed by atoms with van der Waals surface area (Å²) >= 11 is 3.57. The van der Waals surface area contributed by atoms with Gasteiger partial charge in [-0.2, -0.15) is 0 Å². The number of piperidine rings is 1. The van der Waals surface area contributed by atoms with Crippen LogP contribution in [-0.4, -0.2) is 44.2 Å². The normalized spacial score (nSPS) is 17.5. The number of rotatable bonds is 4. The molecule has 1 aliphatic heterocycles. The molecule has 0 spiro atoms. The fourth-order valence-electron chi connectivity index (χ4n) is 2.79. The Morgan fingerprint density at radius 2 is 1.90 bits per heavy atom. The molecule has 0 unspecified atom stereocenters. The Morgan fingerprint density at radius 1 is 1.25 bits per heavy atom. The molecule has 1 heterocycles. The number of halogens is 1. The van der Waals surface area contributed by atoms with E-state index in [1.807, 2.05) is 0 Å². The number of benzene rings is 1. The van der Waals surface area contributed by atoms with Gasteiger partial charge in [0.15, 0.2) is 0 Å². The Kier molecular flexibility index (Phi) is 5.33. The third kappa shape index (κ3) is 3.89. The van der Waals surface area contributed by atoms with Gasteiger partial charge in [0.2, 0.25) is 0 Å². The summed E-state index contributed by atoms with van der Waals surface area (Å²) in [5, 5.41) is 3.73. The Labute approximate surface area is 131 Å². The van der Waals surface area contributed by atoms with Crippen LogP contribution in [0.5, 0.6) is 0 Å². The van der Waals surface area contributed by atoms with Crippen molar-refractivity contribution in [3.8, 4) is 0 Å². The van der Waals surface area contributed by atoms with Gasteiger partial charge in [0, 0.05) is 43.7 Å². The first kappa shape index (κ1) is 15.6. The molecule has 2 rings (SSSR count). The van der Waals surface area contributed by atoms with Gasteiger partial charge >= 0.3 is 0 Å². The highest BCUT2D eigenvalue weighted by molar-refractivity contribution is 9.10. The van der Waals surface area contributed by atoms with E-state index in [0.717, 1.165) is 4.47 Å². The monoisotopic (exact) mass is 339 g/mol. The molecule has 4 heteroatoms. The van der Waals surface area contributed by atoms with Gasteiger partial charge in [-0.1, -0.05) is 15.9 Å². The number of nitrogens with one attached hydrogen (secondary N) is 1. The van der Waals surface area contributed by atoms with Crippen molar-refractivity contribution >= 4 is 27.3 Å². The van der Waals surface area contributed by atoms with Gasteiger partial charge in [-0.3, -0.25) is 0 Å². The Bertz CT molecular complexity index is 437. The van der Waals surface area contributed by atoms with Crippen LogP contribution in [0.1, 0.15) is 26.7 Å². The minimum Gasteiger partial charge on any atom is -0.381 e. The summed E-state index contributed by atoms with van der Waals surface area (Å²) < 4.78 is 1.13. The van der Waals surface area contributed by atoms with Gasteiger partial charge in [0.1, 0.15) is 0 Å². The minimum atomic E-state index is 0.581. The fraction of sp³-hybridized carbons (Fsp3) is 0.625. The van der Waals surface area contributed by atoms with Crippen LogP contribution < -0.4 is 10.2 Å². The first-order valence-electron chi connectivity index (χ1n) is 7.45. The van der Waals surface area contributed by atoms with Crippen LogP contribution in [0.25, 0.3) is 0 Å². The molecule has 20 heavy (non-hydrogen) atoms. The van der Waals surface area contributed by atoms with E-state index < -0.39 is 0 Å². The van der Waals surface area contributed by atoms with Crippen LogP contribution in [0.15, 0.2) is 22.7 Å². The van der Waals surface area contributed by atoms with Crippen LogP contribution >= 0.6 is 15.9 Å². The third-order valence-corrected chi connectivity index (χ3v) is 4.55. The molecular formula is C16H26BrN3. The molecule has 0 radical (unpaired) electrons. The molecule has 1 aliphatic rings. The molecular weight excluding hydrogens is 314 g/mol. The van der Waals surface area contributed by atoms with Gasteiger partial charge in [0.05, 0.1) is 11.4 Å². The first-order valence-corrected chi connectivity index (χ1v) is 8.24. The fourth-order valence-corrected chi connectivity index (χ4v) is 3.16. The number of anilines is 2. The minimum absolute atomic E-state index is 0.581. The standard InChI is InChI=1S/C16H26BrN3/c1-12(2)20-9-7-14(8-10-20)18-15-11-13(17)5-6-16(15)19(3)4/h5-6,11-12,14,18H,7-10H2,1-4H3. The summed E-state index contributed by atoms with van der Waals surface area (Å²) in [6.45, 7) is 6.96.